The lowest BCUT2D eigenvalue weighted by molar-refractivity contribution is -0.123. The van der Waals surface area contributed by atoms with E-state index in [1.807, 2.05) is 19.2 Å². The molecule has 18 heavy (non-hydrogen) atoms. The van der Waals surface area contributed by atoms with Crippen LogP contribution < -0.4 is 10.6 Å². The minimum absolute atomic E-state index is 0.141. The highest BCUT2D eigenvalue weighted by molar-refractivity contribution is 7.09. The molecule has 0 unspecified atom stereocenters. The number of rotatable bonds is 4. The summed E-state index contributed by atoms with van der Waals surface area (Å²) in [6, 6.07) is 0. The predicted octanol–water partition coefficient (Wildman–Crippen LogP) is 1.88. The van der Waals surface area contributed by atoms with E-state index < -0.39 is 0 Å². The van der Waals surface area contributed by atoms with Crippen LogP contribution in [-0.2, 0) is 10.3 Å². The van der Waals surface area contributed by atoms with Crippen molar-refractivity contribution in [3.63, 3.8) is 0 Å². The number of piperidine rings is 1. The number of nitrogens with zero attached hydrogens (tertiary/aromatic N) is 1. The highest BCUT2D eigenvalue weighted by Gasteiger charge is 2.26. The summed E-state index contributed by atoms with van der Waals surface area (Å²) in [5, 5.41) is 9.31. The minimum Gasteiger partial charge on any atom is -0.345 e. The van der Waals surface area contributed by atoms with Crippen molar-refractivity contribution in [1.29, 1.82) is 0 Å². The molecule has 1 aromatic rings. The van der Waals surface area contributed by atoms with Crippen LogP contribution in [0, 0.1) is 5.92 Å². The lowest BCUT2D eigenvalue weighted by atomic mass is 9.94. The highest BCUT2D eigenvalue weighted by atomic mass is 32.1. The average molecular weight is 267 g/mol. The van der Waals surface area contributed by atoms with E-state index in [2.05, 4.69) is 15.6 Å². The van der Waals surface area contributed by atoms with Crippen LogP contribution in [0.4, 0.5) is 0 Å². The Hall–Kier alpha value is -0.940. The van der Waals surface area contributed by atoms with Gasteiger partial charge in [0.15, 0.2) is 0 Å². The Bertz CT molecular complexity index is 383. The fraction of sp³-hybridized carbons (Fsp3) is 0.692. The fourth-order valence-electron chi connectivity index (χ4n) is 2.33. The second-order valence-corrected chi connectivity index (χ2v) is 6.30. The number of carbonyl (C=O) groups excluding carboxylic acids is 1. The van der Waals surface area contributed by atoms with E-state index >= 15 is 0 Å². The first-order valence-electron chi connectivity index (χ1n) is 6.49. The minimum atomic E-state index is -0.363. The second-order valence-electron chi connectivity index (χ2n) is 5.41. The molecule has 0 aromatic carbocycles. The summed E-state index contributed by atoms with van der Waals surface area (Å²) >= 11 is 1.58. The fourth-order valence-corrected chi connectivity index (χ4v) is 3.05. The van der Waals surface area contributed by atoms with Gasteiger partial charge >= 0.3 is 0 Å². The molecule has 0 saturated carbocycles. The topological polar surface area (TPSA) is 54.0 Å². The summed E-state index contributed by atoms with van der Waals surface area (Å²) in [6.45, 7) is 6.08. The Morgan fingerprint density at radius 2 is 2.28 bits per heavy atom. The summed E-state index contributed by atoms with van der Waals surface area (Å²) in [5.41, 5.74) is -0.363. The number of hydrogen-bond donors (Lipinski definition) is 2. The van der Waals surface area contributed by atoms with Gasteiger partial charge in [0, 0.05) is 18.0 Å². The molecule has 2 rings (SSSR count). The lowest BCUT2D eigenvalue weighted by Crippen LogP contribution is -2.42. The molecule has 1 fully saturated rings. The summed E-state index contributed by atoms with van der Waals surface area (Å²) in [6.07, 6.45) is 4.62. The third-order valence-electron chi connectivity index (χ3n) is 3.35. The average Bonchev–Trinajstić information content (AvgIpc) is 2.83. The van der Waals surface area contributed by atoms with E-state index in [1.165, 1.54) is 0 Å². The molecule has 0 radical (unpaired) electrons. The third kappa shape index (κ3) is 3.53. The Kier molecular flexibility index (Phi) is 4.35. The molecule has 5 heteroatoms. The van der Waals surface area contributed by atoms with Gasteiger partial charge in [0.2, 0.25) is 5.91 Å². The molecule has 1 aliphatic heterocycles. The van der Waals surface area contributed by atoms with Crippen LogP contribution in [0.2, 0.25) is 0 Å². The first-order chi connectivity index (χ1) is 8.58. The zero-order valence-electron chi connectivity index (χ0n) is 11.0. The Morgan fingerprint density at radius 1 is 1.56 bits per heavy atom. The van der Waals surface area contributed by atoms with Crippen molar-refractivity contribution in [3.05, 3.63) is 16.6 Å². The molecule has 0 spiro atoms. The number of thiazole rings is 1. The van der Waals surface area contributed by atoms with Gasteiger partial charge < -0.3 is 10.6 Å². The Morgan fingerprint density at radius 3 is 2.89 bits per heavy atom. The zero-order valence-corrected chi connectivity index (χ0v) is 11.8. The Balaban J connectivity index is 1.86. The normalized spacial score (nSPS) is 17.7. The number of nitrogens with one attached hydrogen (secondary N) is 2. The van der Waals surface area contributed by atoms with Crippen LogP contribution >= 0.6 is 11.3 Å². The molecule has 100 valence electrons. The maximum absolute atomic E-state index is 12.1. The van der Waals surface area contributed by atoms with Crippen molar-refractivity contribution in [2.45, 2.75) is 38.6 Å². The monoisotopic (exact) mass is 267 g/mol. The largest absolute Gasteiger partial charge is 0.345 e. The molecular formula is C13H21N3OS. The summed E-state index contributed by atoms with van der Waals surface area (Å²) < 4.78 is 0. The number of aromatic nitrogens is 1. The van der Waals surface area contributed by atoms with E-state index in [-0.39, 0.29) is 11.4 Å². The van der Waals surface area contributed by atoms with Crippen LogP contribution in [0.25, 0.3) is 0 Å². The van der Waals surface area contributed by atoms with E-state index in [1.54, 1.807) is 17.5 Å². The smallest absolute Gasteiger partial charge is 0.221 e. The maximum Gasteiger partial charge on any atom is 0.221 e. The van der Waals surface area contributed by atoms with Crippen LogP contribution in [0.15, 0.2) is 11.6 Å². The van der Waals surface area contributed by atoms with E-state index in [4.69, 9.17) is 0 Å². The van der Waals surface area contributed by atoms with Gasteiger partial charge in [-0.2, -0.15) is 0 Å². The molecule has 4 nitrogen and oxygen atoms in total. The predicted molar refractivity (Wildman–Crippen MR) is 73.5 cm³/mol. The quantitative estimate of drug-likeness (QED) is 0.876. The van der Waals surface area contributed by atoms with Gasteiger partial charge in [-0.15, -0.1) is 11.3 Å². The van der Waals surface area contributed by atoms with Crippen LogP contribution in [0.1, 0.15) is 38.1 Å². The molecule has 1 amide bonds. The van der Waals surface area contributed by atoms with E-state index in [0.29, 0.717) is 12.3 Å². The summed E-state index contributed by atoms with van der Waals surface area (Å²) in [5.74, 6) is 0.667. The second kappa shape index (κ2) is 5.80. The molecule has 0 bridgehead atoms. The van der Waals surface area contributed by atoms with Crippen molar-refractivity contribution in [2.75, 3.05) is 13.1 Å². The van der Waals surface area contributed by atoms with Crippen LogP contribution in [0.5, 0.6) is 0 Å². The maximum atomic E-state index is 12.1. The number of carbonyl (C=O) groups is 1. The summed E-state index contributed by atoms with van der Waals surface area (Å²) in [4.78, 5) is 16.3. The molecule has 0 atom stereocenters. The molecule has 1 aromatic heterocycles. The van der Waals surface area contributed by atoms with Gasteiger partial charge in [-0.1, -0.05) is 0 Å². The van der Waals surface area contributed by atoms with E-state index in [0.717, 1.165) is 30.9 Å². The first-order valence-corrected chi connectivity index (χ1v) is 7.37. The SMILES string of the molecule is CC(C)(NC(=O)CC1CCNCC1)c1nccs1. The van der Waals surface area contributed by atoms with Gasteiger partial charge in [0.25, 0.3) is 0 Å². The van der Waals surface area contributed by atoms with Gasteiger partial charge in [-0.3, -0.25) is 4.79 Å². The van der Waals surface area contributed by atoms with Gasteiger partial charge in [0.05, 0.1) is 5.54 Å². The summed E-state index contributed by atoms with van der Waals surface area (Å²) in [7, 11) is 0. The van der Waals surface area contributed by atoms with Gasteiger partial charge in [-0.25, -0.2) is 4.98 Å². The molecule has 0 aliphatic carbocycles. The van der Waals surface area contributed by atoms with E-state index in [9.17, 15) is 4.79 Å². The third-order valence-corrected chi connectivity index (χ3v) is 4.45. The van der Waals surface area contributed by atoms with Gasteiger partial charge in [-0.05, 0) is 45.7 Å². The Labute approximate surface area is 112 Å². The van der Waals surface area contributed by atoms with Crippen molar-refractivity contribution in [1.82, 2.24) is 15.6 Å². The molecule has 1 saturated heterocycles. The van der Waals surface area contributed by atoms with Gasteiger partial charge in [0.1, 0.15) is 5.01 Å². The first kappa shape index (κ1) is 13.5. The zero-order chi connectivity index (χ0) is 13.0. The van der Waals surface area contributed by atoms with Crippen molar-refractivity contribution in [3.8, 4) is 0 Å². The van der Waals surface area contributed by atoms with Crippen LogP contribution in [0.3, 0.4) is 0 Å². The van der Waals surface area contributed by atoms with Crippen molar-refractivity contribution >= 4 is 17.2 Å². The van der Waals surface area contributed by atoms with Crippen molar-refractivity contribution < 1.29 is 4.79 Å². The molecule has 2 N–H and O–H groups in total. The molecular weight excluding hydrogens is 246 g/mol. The highest BCUT2D eigenvalue weighted by Crippen LogP contribution is 2.23. The lowest BCUT2D eigenvalue weighted by Gasteiger charge is -2.27. The number of hydrogen-bond acceptors (Lipinski definition) is 4. The number of amides is 1. The standard InChI is InChI=1S/C13H21N3OS/c1-13(2,12-15-7-8-18-12)16-11(17)9-10-3-5-14-6-4-10/h7-8,10,14H,3-6,9H2,1-2H3,(H,16,17). The van der Waals surface area contributed by atoms with Crippen LogP contribution in [-0.4, -0.2) is 24.0 Å². The van der Waals surface area contributed by atoms with Crippen molar-refractivity contribution in [2.24, 2.45) is 5.92 Å². The molecule has 2 heterocycles. The molecule has 1 aliphatic rings.